The minimum Gasteiger partial charge on any atom is -0.350 e. The van der Waals surface area contributed by atoms with Gasteiger partial charge in [-0.3, -0.25) is 0 Å². The smallest absolute Gasteiger partial charge is 0.0732 e. The summed E-state index contributed by atoms with van der Waals surface area (Å²) in [7, 11) is 0. The lowest BCUT2D eigenvalue weighted by molar-refractivity contribution is 0.908. The number of benzene rings is 1. The molecule has 1 aromatic carbocycles. The van der Waals surface area contributed by atoms with E-state index in [9.17, 15) is 0 Å². The van der Waals surface area contributed by atoms with Gasteiger partial charge in [0.15, 0.2) is 0 Å². The Morgan fingerprint density at radius 1 is 1.20 bits per heavy atom. The van der Waals surface area contributed by atoms with Gasteiger partial charge in [0.2, 0.25) is 0 Å². The number of hydrogen-bond acceptors (Lipinski definition) is 2. The van der Waals surface area contributed by atoms with Gasteiger partial charge in [0.05, 0.1) is 5.03 Å². The number of hydrogen-bond donors (Lipinski definition) is 2. The van der Waals surface area contributed by atoms with E-state index < -0.39 is 0 Å². The van der Waals surface area contributed by atoms with Gasteiger partial charge >= 0.3 is 0 Å². The molecule has 2 aromatic rings. The fourth-order valence-electron chi connectivity index (χ4n) is 1.52. The van der Waals surface area contributed by atoms with Crippen LogP contribution < -0.4 is 0 Å². The Morgan fingerprint density at radius 3 is 2.87 bits per heavy atom. The van der Waals surface area contributed by atoms with Crippen LogP contribution in [0.5, 0.6) is 0 Å². The van der Waals surface area contributed by atoms with Crippen molar-refractivity contribution in [2.75, 3.05) is 11.5 Å². The van der Waals surface area contributed by atoms with Gasteiger partial charge in [-0.05, 0) is 36.5 Å². The molecule has 1 heterocycles. The minimum atomic E-state index is 0.993. The highest BCUT2D eigenvalue weighted by Crippen LogP contribution is 2.23. The van der Waals surface area contributed by atoms with Crippen molar-refractivity contribution in [3.05, 3.63) is 30.3 Å². The van der Waals surface area contributed by atoms with Crippen LogP contribution in [0.15, 0.2) is 35.4 Å². The molecule has 1 aromatic heterocycles. The predicted octanol–water partition coefficient (Wildman–Crippen LogP) is 3.97. The highest BCUT2D eigenvalue weighted by atomic mass is 32.2. The minimum absolute atomic E-state index is 0.993. The van der Waals surface area contributed by atoms with E-state index in [0.717, 1.165) is 5.75 Å². The zero-order valence-corrected chi connectivity index (χ0v) is 10.3. The summed E-state index contributed by atoms with van der Waals surface area (Å²) in [5.41, 5.74) is 1.23. The number of rotatable bonds is 5. The Labute approximate surface area is 100 Å². The number of H-pyrrole nitrogens is 1. The molecular formula is C12H15NS2. The molecule has 0 unspecified atom stereocenters. The molecule has 1 N–H and O–H groups in total. The summed E-state index contributed by atoms with van der Waals surface area (Å²) in [6, 6.07) is 10.6. The number of thioether (sulfide) groups is 1. The highest BCUT2D eigenvalue weighted by Gasteiger charge is 1.99. The first-order valence-corrected chi connectivity index (χ1v) is 6.83. The monoisotopic (exact) mass is 237 g/mol. The van der Waals surface area contributed by atoms with Crippen LogP contribution in [0.25, 0.3) is 10.9 Å². The van der Waals surface area contributed by atoms with Crippen LogP contribution >= 0.6 is 24.4 Å². The van der Waals surface area contributed by atoms with E-state index in [0.29, 0.717) is 0 Å². The number of thiol groups is 1. The Hall–Kier alpha value is -0.540. The van der Waals surface area contributed by atoms with E-state index in [1.165, 1.54) is 34.5 Å². The summed E-state index contributed by atoms with van der Waals surface area (Å²) in [6.07, 6.45) is 2.44. The van der Waals surface area contributed by atoms with Crippen LogP contribution in [0.4, 0.5) is 0 Å². The van der Waals surface area contributed by atoms with Crippen LogP contribution in [-0.2, 0) is 0 Å². The van der Waals surface area contributed by atoms with E-state index in [4.69, 9.17) is 0 Å². The molecule has 0 radical (unpaired) electrons. The van der Waals surface area contributed by atoms with E-state index in [-0.39, 0.29) is 0 Å². The Balaban J connectivity index is 1.97. The highest BCUT2D eigenvalue weighted by molar-refractivity contribution is 7.99. The van der Waals surface area contributed by atoms with Crippen LogP contribution in [0, 0.1) is 0 Å². The first kappa shape index (κ1) is 11.0. The zero-order chi connectivity index (χ0) is 10.5. The van der Waals surface area contributed by atoms with Crippen molar-refractivity contribution < 1.29 is 0 Å². The van der Waals surface area contributed by atoms with Crippen molar-refractivity contribution >= 4 is 35.3 Å². The maximum Gasteiger partial charge on any atom is 0.0732 e. The molecule has 0 saturated heterocycles. The van der Waals surface area contributed by atoms with Gasteiger partial charge in [0.1, 0.15) is 0 Å². The maximum atomic E-state index is 4.20. The third kappa shape index (κ3) is 2.95. The lowest BCUT2D eigenvalue weighted by Gasteiger charge is -1.96. The van der Waals surface area contributed by atoms with Crippen molar-refractivity contribution in [2.45, 2.75) is 17.9 Å². The molecule has 0 saturated carbocycles. The van der Waals surface area contributed by atoms with Crippen LogP contribution in [-0.4, -0.2) is 16.5 Å². The molecule has 0 aliphatic carbocycles. The molecule has 3 heteroatoms. The molecule has 1 nitrogen and oxygen atoms in total. The quantitative estimate of drug-likeness (QED) is 0.457. The average molecular weight is 237 g/mol. The molecule has 80 valence electrons. The van der Waals surface area contributed by atoms with Gasteiger partial charge in [-0.1, -0.05) is 18.2 Å². The van der Waals surface area contributed by atoms with Gasteiger partial charge in [-0.2, -0.15) is 12.6 Å². The topological polar surface area (TPSA) is 15.8 Å². The Kier molecular flexibility index (Phi) is 4.03. The summed E-state index contributed by atoms with van der Waals surface area (Å²) in [5, 5.41) is 2.57. The number of para-hydroxylation sites is 1. The molecule has 15 heavy (non-hydrogen) atoms. The number of nitrogens with one attached hydrogen (secondary N) is 1. The number of unbranched alkanes of at least 4 members (excludes halogenated alkanes) is 1. The lowest BCUT2D eigenvalue weighted by Crippen LogP contribution is -1.81. The second-order valence-corrected chi connectivity index (χ2v) is 5.08. The van der Waals surface area contributed by atoms with Crippen LogP contribution in [0.3, 0.4) is 0 Å². The normalized spacial score (nSPS) is 11.0. The van der Waals surface area contributed by atoms with Crippen molar-refractivity contribution in [1.82, 2.24) is 4.98 Å². The van der Waals surface area contributed by atoms with E-state index in [1.807, 2.05) is 11.8 Å². The maximum absolute atomic E-state index is 4.20. The first-order valence-electron chi connectivity index (χ1n) is 5.21. The Morgan fingerprint density at radius 2 is 2.07 bits per heavy atom. The molecule has 0 spiro atoms. The van der Waals surface area contributed by atoms with E-state index in [1.54, 1.807) is 0 Å². The average Bonchev–Trinajstić information content (AvgIpc) is 2.67. The second-order valence-electron chi connectivity index (χ2n) is 3.50. The molecule has 0 aliphatic heterocycles. The predicted molar refractivity (Wildman–Crippen MR) is 72.1 cm³/mol. The Bertz CT molecular complexity index is 389. The summed E-state index contributed by atoms with van der Waals surface area (Å²) < 4.78 is 0. The third-order valence-electron chi connectivity index (χ3n) is 2.32. The second kappa shape index (κ2) is 5.52. The first-order chi connectivity index (χ1) is 7.40. The van der Waals surface area contributed by atoms with Gasteiger partial charge in [0.25, 0.3) is 0 Å². The number of fused-ring (bicyclic) bond motifs is 1. The molecule has 0 amide bonds. The standard InChI is InChI=1S/C12H15NS2/c14-7-3-4-8-15-12-9-10-5-1-2-6-11(10)13-12/h1-2,5-6,9,13-14H,3-4,7-8H2. The SMILES string of the molecule is SCCCCSc1cc2ccccc2[nH]1. The molecule has 0 bridgehead atoms. The summed E-state index contributed by atoms with van der Waals surface area (Å²) in [5.74, 6) is 2.17. The summed E-state index contributed by atoms with van der Waals surface area (Å²) in [4.78, 5) is 3.42. The molecule has 2 rings (SSSR count). The van der Waals surface area contributed by atoms with Crippen LogP contribution in [0.2, 0.25) is 0 Å². The van der Waals surface area contributed by atoms with E-state index >= 15 is 0 Å². The number of aromatic nitrogens is 1. The van der Waals surface area contributed by atoms with Crippen molar-refractivity contribution in [3.63, 3.8) is 0 Å². The largest absolute Gasteiger partial charge is 0.350 e. The van der Waals surface area contributed by atoms with Gasteiger partial charge in [-0.15, -0.1) is 11.8 Å². The molecule has 0 aliphatic rings. The van der Waals surface area contributed by atoms with Crippen molar-refractivity contribution in [1.29, 1.82) is 0 Å². The molecule has 0 fully saturated rings. The third-order valence-corrected chi connectivity index (χ3v) is 3.66. The molecule has 0 atom stereocenters. The van der Waals surface area contributed by atoms with Gasteiger partial charge in [0, 0.05) is 10.9 Å². The van der Waals surface area contributed by atoms with Crippen molar-refractivity contribution in [3.8, 4) is 0 Å². The van der Waals surface area contributed by atoms with Gasteiger partial charge < -0.3 is 4.98 Å². The van der Waals surface area contributed by atoms with Crippen LogP contribution in [0.1, 0.15) is 12.8 Å². The fraction of sp³-hybridized carbons (Fsp3) is 0.333. The summed E-state index contributed by atoms with van der Waals surface area (Å²) >= 11 is 6.10. The molecular weight excluding hydrogens is 222 g/mol. The lowest BCUT2D eigenvalue weighted by atomic mass is 10.3. The fourth-order valence-corrected chi connectivity index (χ4v) is 2.70. The summed E-state index contributed by atoms with van der Waals surface area (Å²) in [6.45, 7) is 0. The number of aromatic amines is 1. The zero-order valence-electron chi connectivity index (χ0n) is 8.57. The van der Waals surface area contributed by atoms with E-state index in [2.05, 4.69) is 47.9 Å². The van der Waals surface area contributed by atoms with Crippen molar-refractivity contribution in [2.24, 2.45) is 0 Å². The van der Waals surface area contributed by atoms with Gasteiger partial charge in [-0.25, -0.2) is 0 Å².